The third kappa shape index (κ3) is 1.37. The lowest BCUT2D eigenvalue weighted by atomic mass is 10.1. The summed E-state index contributed by atoms with van der Waals surface area (Å²) in [4.78, 5) is 0. The van der Waals surface area contributed by atoms with E-state index in [0.717, 1.165) is 0 Å². The van der Waals surface area contributed by atoms with Gasteiger partial charge in [-0.05, 0) is 6.07 Å². The van der Waals surface area contributed by atoms with Gasteiger partial charge in [0.1, 0.15) is 11.7 Å². The molecule has 0 aliphatic rings. The van der Waals surface area contributed by atoms with Crippen LogP contribution in [0.1, 0.15) is 11.7 Å². The summed E-state index contributed by atoms with van der Waals surface area (Å²) in [7, 11) is 0. The summed E-state index contributed by atoms with van der Waals surface area (Å²) in [5.41, 5.74) is 0.637. The summed E-state index contributed by atoms with van der Waals surface area (Å²) in [6, 6.07) is 6.75. The fraction of sp³-hybridized carbons (Fsp3) is 0.200. The molecule has 0 amide bonds. The molecular formula is C10H8F2O2. The Hall–Kier alpha value is -1.42. The van der Waals surface area contributed by atoms with Crippen LogP contribution in [0.15, 0.2) is 34.9 Å². The number of aliphatic hydroxyl groups excluding tert-OH is 1. The zero-order chi connectivity index (χ0) is 10.1. The van der Waals surface area contributed by atoms with Gasteiger partial charge in [0.15, 0.2) is 0 Å². The predicted octanol–water partition coefficient (Wildman–Crippen LogP) is 2.73. The molecule has 0 aliphatic heterocycles. The fourth-order valence-corrected chi connectivity index (χ4v) is 1.36. The molecule has 4 heteroatoms. The second kappa shape index (κ2) is 3.38. The van der Waals surface area contributed by atoms with Crippen LogP contribution in [0, 0.1) is 0 Å². The Morgan fingerprint density at radius 1 is 1.21 bits per heavy atom. The van der Waals surface area contributed by atoms with Crippen LogP contribution < -0.4 is 0 Å². The summed E-state index contributed by atoms with van der Waals surface area (Å²) in [6.07, 6.45) is -3.41. The molecule has 1 atom stereocenters. The molecule has 1 heterocycles. The standard InChI is InChI=1S/C10H8F2O2/c11-10(12)9(13)7-5-14-8-4-2-1-3-6(7)8/h1-5,9-10,13H. The van der Waals surface area contributed by atoms with Gasteiger partial charge in [-0.15, -0.1) is 0 Å². The average molecular weight is 198 g/mol. The number of halogens is 2. The molecule has 2 rings (SSSR count). The van der Waals surface area contributed by atoms with E-state index in [1.165, 1.54) is 6.26 Å². The molecule has 1 aromatic carbocycles. The summed E-state index contributed by atoms with van der Waals surface area (Å²) in [5, 5.41) is 9.70. The van der Waals surface area contributed by atoms with Crippen molar-refractivity contribution in [3.05, 3.63) is 36.1 Å². The predicted molar refractivity (Wildman–Crippen MR) is 47.2 cm³/mol. The molecule has 0 spiro atoms. The number of hydrogen-bond acceptors (Lipinski definition) is 2. The van der Waals surface area contributed by atoms with E-state index in [0.29, 0.717) is 11.0 Å². The third-order valence-electron chi connectivity index (χ3n) is 2.07. The number of rotatable bonds is 2. The molecule has 0 saturated heterocycles. The molecule has 2 aromatic rings. The Balaban J connectivity index is 2.53. The van der Waals surface area contributed by atoms with Gasteiger partial charge in [-0.2, -0.15) is 0 Å². The van der Waals surface area contributed by atoms with Crippen LogP contribution in [0.5, 0.6) is 0 Å². The minimum Gasteiger partial charge on any atom is -0.464 e. The first-order chi connectivity index (χ1) is 6.70. The van der Waals surface area contributed by atoms with E-state index >= 15 is 0 Å². The van der Waals surface area contributed by atoms with Crippen molar-refractivity contribution >= 4 is 11.0 Å². The van der Waals surface area contributed by atoms with Crippen LogP contribution in [-0.2, 0) is 0 Å². The zero-order valence-electron chi connectivity index (χ0n) is 7.15. The number of benzene rings is 1. The Kier molecular flexibility index (Phi) is 2.21. The molecular weight excluding hydrogens is 190 g/mol. The highest BCUT2D eigenvalue weighted by molar-refractivity contribution is 5.81. The van der Waals surface area contributed by atoms with Crippen molar-refractivity contribution < 1.29 is 18.3 Å². The second-order valence-corrected chi connectivity index (χ2v) is 2.97. The maximum Gasteiger partial charge on any atom is 0.268 e. The summed E-state index contributed by atoms with van der Waals surface area (Å²) in [6.45, 7) is 0. The lowest BCUT2D eigenvalue weighted by molar-refractivity contribution is -0.00537. The lowest BCUT2D eigenvalue weighted by Crippen LogP contribution is -2.06. The van der Waals surface area contributed by atoms with Crippen molar-refractivity contribution in [2.45, 2.75) is 12.5 Å². The van der Waals surface area contributed by atoms with Gasteiger partial charge in [0.05, 0.1) is 6.26 Å². The van der Waals surface area contributed by atoms with E-state index in [1.807, 2.05) is 0 Å². The van der Waals surface area contributed by atoms with Gasteiger partial charge >= 0.3 is 0 Å². The second-order valence-electron chi connectivity index (χ2n) is 2.97. The van der Waals surface area contributed by atoms with Gasteiger partial charge in [0.2, 0.25) is 0 Å². The van der Waals surface area contributed by atoms with Gasteiger partial charge in [-0.1, -0.05) is 18.2 Å². The molecule has 0 bridgehead atoms. The van der Waals surface area contributed by atoms with E-state index < -0.39 is 12.5 Å². The van der Waals surface area contributed by atoms with Crippen molar-refractivity contribution in [3.8, 4) is 0 Å². The van der Waals surface area contributed by atoms with E-state index in [1.54, 1.807) is 24.3 Å². The van der Waals surface area contributed by atoms with Crippen molar-refractivity contribution in [3.63, 3.8) is 0 Å². The van der Waals surface area contributed by atoms with Gasteiger partial charge in [-0.25, -0.2) is 8.78 Å². The largest absolute Gasteiger partial charge is 0.464 e. The molecule has 2 nitrogen and oxygen atoms in total. The Bertz CT molecular complexity index is 436. The first kappa shape index (κ1) is 9.15. The van der Waals surface area contributed by atoms with E-state index in [9.17, 15) is 13.9 Å². The molecule has 0 saturated carbocycles. The third-order valence-corrected chi connectivity index (χ3v) is 2.07. The van der Waals surface area contributed by atoms with Crippen LogP contribution in [0.4, 0.5) is 8.78 Å². The number of furan rings is 1. The molecule has 1 aromatic heterocycles. The van der Waals surface area contributed by atoms with Crippen LogP contribution in [0.3, 0.4) is 0 Å². The average Bonchev–Trinajstić information content (AvgIpc) is 2.60. The number of aliphatic hydroxyl groups is 1. The first-order valence-electron chi connectivity index (χ1n) is 4.12. The van der Waals surface area contributed by atoms with Crippen molar-refractivity contribution in [2.75, 3.05) is 0 Å². The quantitative estimate of drug-likeness (QED) is 0.804. The fourth-order valence-electron chi connectivity index (χ4n) is 1.36. The summed E-state index contributed by atoms with van der Waals surface area (Å²) < 4.78 is 29.5. The minimum absolute atomic E-state index is 0.135. The number of fused-ring (bicyclic) bond motifs is 1. The molecule has 0 radical (unpaired) electrons. The first-order valence-corrected chi connectivity index (χ1v) is 4.12. The van der Waals surface area contributed by atoms with Crippen LogP contribution in [-0.4, -0.2) is 11.5 Å². The highest BCUT2D eigenvalue weighted by atomic mass is 19.3. The van der Waals surface area contributed by atoms with Crippen LogP contribution in [0.25, 0.3) is 11.0 Å². The number of para-hydroxylation sites is 1. The van der Waals surface area contributed by atoms with Crippen molar-refractivity contribution in [1.82, 2.24) is 0 Å². The SMILES string of the molecule is OC(c1coc2ccccc12)C(F)F. The lowest BCUT2D eigenvalue weighted by Gasteiger charge is -2.06. The monoisotopic (exact) mass is 198 g/mol. The normalized spacial score (nSPS) is 13.7. The maximum absolute atomic E-state index is 12.2. The van der Waals surface area contributed by atoms with Gasteiger partial charge in [-0.3, -0.25) is 0 Å². The highest BCUT2D eigenvalue weighted by Gasteiger charge is 2.22. The molecule has 0 aliphatic carbocycles. The smallest absolute Gasteiger partial charge is 0.268 e. The Labute approximate surface area is 78.8 Å². The van der Waals surface area contributed by atoms with E-state index in [-0.39, 0.29) is 5.56 Å². The topological polar surface area (TPSA) is 33.4 Å². The van der Waals surface area contributed by atoms with E-state index in [2.05, 4.69) is 0 Å². The summed E-state index contributed by atoms with van der Waals surface area (Å²) in [5.74, 6) is 0. The highest BCUT2D eigenvalue weighted by Crippen LogP contribution is 2.29. The zero-order valence-corrected chi connectivity index (χ0v) is 7.15. The Morgan fingerprint density at radius 3 is 2.64 bits per heavy atom. The number of hydrogen-bond donors (Lipinski definition) is 1. The molecule has 1 N–H and O–H groups in total. The van der Waals surface area contributed by atoms with Gasteiger partial charge in [0.25, 0.3) is 6.43 Å². The molecule has 0 fully saturated rings. The van der Waals surface area contributed by atoms with Crippen molar-refractivity contribution in [2.24, 2.45) is 0 Å². The maximum atomic E-state index is 12.2. The van der Waals surface area contributed by atoms with Gasteiger partial charge in [0, 0.05) is 10.9 Å². The molecule has 1 unspecified atom stereocenters. The molecule has 74 valence electrons. The van der Waals surface area contributed by atoms with Crippen LogP contribution in [0.2, 0.25) is 0 Å². The van der Waals surface area contributed by atoms with Gasteiger partial charge < -0.3 is 9.52 Å². The Morgan fingerprint density at radius 2 is 1.93 bits per heavy atom. The minimum atomic E-state index is -2.80. The van der Waals surface area contributed by atoms with Crippen molar-refractivity contribution in [1.29, 1.82) is 0 Å². The number of alkyl halides is 2. The van der Waals surface area contributed by atoms with E-state index in [4.69, 9.17) is 4.42 Å². The van der Waals surface area contributed by atoms with Crippen LogP contribution >= 0.6 is 0 Å². The summed E-state index contributed by atoms with van der Waals surface area (Å²) >= 11 is 0. The molecule has 14 heavy (non-hydrogen) atoms.